The molecule has 2 unspecified atom stereocenters. The van der Waals surface area contributed by atoms with Gasteiger partial charge in [-0.1, -0.05) is 60.7 Å². The molecule has 0 bridgehead atoms. The zero-order valence-electron chi connectivity index (χ0n) is 17.4. The molecule has 2 heterocycles. The maximum Gasteiger partial charge on any atom is 0.217 e. The van der Waals surface area contributed by atoms with Crippen molar-refractivity contribution in [1.29, 1.82) is 0 Å². The second-order valence-electron chi connectivity index (χ2n) is 8.68. The number of carbonyl (C=O) groups is 1. The highest BCUT2D eigenvalue weighted by Gasteiger charge is 2.39. The molecule has 2 saturated heterocycles. The van der Waals surface area contributed by atoms with Gasteiger partial charge in [-0.05, 0) is 49.8 Å². The average Bonchev–Trinajstić information content (AvgIpc) is 2.75. The zero-order chi connectivity index (χ0) is 20.1. The number of nitrogens with one attached hydrogen (secondary N) is 2. The fourth-order valence-corrected chi connectivity index (χ4v) is 5.22. The minimum Gasteiger partial charge on any atom is -0.347 e. The molecule has 0 saturated carbocycles. The second kappa shape index (κ2) is 9.10. The molecule has 0 spiro atoms. The maximum absolute atomic E-state index is 12.0. The smallest absolute Gasteiger partial charge is 0.217 e. The molecule has 4 heteroatoms. The fourth-order valence-electron chi connectivity index (χ4n) is 5.22. The summed E-state index contributed by atoms with van der Waals surface area (Å²) in [4.78, 5) is 14.6. The lowest BCUT2D eigenvalue weighted by Crippen LogP contribution is -2.56. The monoisotopic (exact) mass is 391 g/mol. The standard InChI is InChI=1S/C25H33N3O/c1-20(29)27-25(22-10-6-3-7-11-22)13-16-28(17-14-25)24-12-15-26-23(19-24)18-21-8-4-2-5-9-21/h2-11,23-24,26H,12-19H2,1H3,(H,27,29). The maximum atomic E-state index is 12.0. The summed E-state index contributed by atoms with van der Waals surface area (Å²) >= 11 is 0. The summed E-state index contributed by atoms with van der Waals surface area (Å²) in [5.74, 6) is 0.0621. The molecule has 0 aromatic heterocycles. The van der Waals surface area contributed by atoms with Gasteiger partial charge >= 0.3 is 0 Å². The van der Waals surface area contributed by atoms with Crippen LogP contribution in [0.25, 0.3) is 0 Å². The van der Waals surface area contributed by atoms with Gasteiger partial charge in [-0.25, -0.2) is 0 Å². The van der Waals surface area contributed by atoms with E-state index in [1.807, 2.05) is 6.07 Å². The highest BCUT2D eigenvalue weighted by atomic mass is 16.1. The quantitative estimate of drug-likeness (QED) is 0.820. The average molecular weight is 392 g/mol. The third kappa shape index (κ3) is 4.88. The van der Waals surface area contributed by atoms with E-state index >= 15 is 0 Å². The van der Waals surface area contributed by atoms with Crippen LogP contribution in [-0.4, -0.2) is 42.5 Å². The molecule has 29 heavy (non-hydrogen) atoms. The Bertz CT molecular complexity index is 784. The van der Waals surface area contributed by atoms with E-state index in [4.69, 9.17) is 0 Å². The van der Waals surface area contributed by atoms with E-state index in [1.165, 1.54) is 24.0 Å². The van der Waals surface area contributed by atoms with Crippen LogP contribution in [0.5, 0.6) is 0 Å². The molecule has 2 aromatic rings. The van der Waals surface area contributed by atoms with Gasteiger partial charge in [0.2, 0.25) is 5.91 Å². The Morgan fingerprint density at radius 2 is 1.72 bits per heavy atom. The van der Waals surface area contributed by atoms with Gasteiger partial charge in [-0.3, -0.25) is 4.79 Å². The number of carbonyl (C=O) groups excluding carboxylic acids is 1. The lowest BCUT2D eigenvalue weighted by Gasteiger charge is -2.47. The van der Waals surface area contributed by atoms with Crippen LogP contribution in [0.1, 0.15) is 43.7 Å². The first-order chi connectivity index (χ1) is 14.1. The Morgan fingerprint density at radius 3 is 2.38 bits per heavy atom. The number of benzene rings is 2. The summed E-state index contributed by atoms with van der Waals surface area (Å²) in [5.41, 5.74) is 2.43. The summed E-state index contributed by atoms with van der Waals surface area (Å²) in [6.45, 7) is 4.81. The SMILES string of the molecule is CC(=O)NC1(c2ccccc2)CCN(C2CCNC(Cc3ccccc3)C2)CC1. The summed E-state index contributed by atoms with van der Waals surface area (Å²) in [6, 6.07) is 22.5. The normalized spacial score (nSPS) is 24.7. The number of hydrogen-bond acceptors (Lipinski definition) is 3. The minimum atomic E-state index is -0.222. The molecule has 1 amide bonds. The highest BCUT2D eigenvalue weighted by molar-refractivity contribution is 5.74. The van der Waals surface area contributed by atoms with E-state index in [-0.39, 0.29) is 11.4 Å². The van der Waals surface area contributed by atoms with Gasteiger partial charge < -0.3 is 15.5 Å². The van der Waals surface area contributed by atoms with Gasteiger partial charge in [0, 0.05) is 32.1 Å². The summed E-state index contributed by atoms with van der Waals surface area (Å²) in [7, 11) is 0. The second-order valence-corrected chi connectivity index (χ2v) is 8.68. The first-order valence-corrected chi connectivity index (χ1v) is 11.0. The van der Waals surface area contributed by atoms with Crippen molar-refractivity contribution in [3.8, 4) is 0 Å². The third-order valence-corrected chi connectivity index (χ3v) is 6.70. The van der Waals surface area contributed by atoms with Crippen molar-refractivity contribution < 1.29 is 4.79 Å². The molecule has 0 radical (unpaired) electrons. The molecule has 2 aromatic carbocycles. The summed E-state index contributed by atoms with van der Waals surface area (Å²) in [5, 5.41) is 7.02. The molecule has 2 aliphatic heterocycles. The van der Waals surface area contributed by atoms with Crippen LogP contribution in [0.3, 0.4) is 0 Å². The van der Waals surface area contributed by atoms with E-state index < -0.39 is 0 Å². The molecule has 4 rings (SSSR count). The van der Waals surface area contributed by atoms with E-state index in [9.17, 15) is 4.79 Å². The van der Waals surface area contributed by atoms with Gasteiger partial charge in [0.1, 0.15) is 0 Å². The largest absolute Gasteiger partial charge is 0.347 e. The van der Waals surface area contributed by atoms with Crippen molar-refractivity contribution >= 4 is 5.91 Å². The molecule has 4 nitrogen and oxygen atoms in total. The number of likely N-dealkylation sites (tertiary alicyclic amines) is 1. The van der Waals surface area contributed by atoms with E-state index in [1.54, 1.807) is 6.92 Å². The lowest BCUT2D eigenvalue weighted by atomic mass is 9.79. The molecule has 2 atom stereocenters. The van der Waals surface area contributed by atoms with Crippen molar-refractivity contribution in [3.05, 3.63) is 71.8 Å². The van der Waals surface area contributed by atoms with Gasteiger partial charge in [-0.2, -0.15) is 0 Å². The van der Waals surface area contributed by atoms with Crippen LogP contribution in [0.4, 0.5) is 0 Å². The molecule has 2 fully saturated rings. The minimum absolute atomic E-state index is 0.0621. The predicted molar refractivity (Wildman–Crippen MR) is 118 cm³/mol. The molecule has 0 aliphatic carbocycles. The van der Waals surface area contributed by atoms with Crippen LogP contribution in [0.2, 0.25) is 0 Å². The molecular weight excluding hydrogens is 358 g/mol. The number of rotatable bonds is 5. The summed E-state index contributed by atoms with van der Waals surface area (Å²) in [6.07, 6.45) is 5.47. The summed E-state index contributed by atoms with van der Waals surface area (Å²) < 4.78 is 0. The van der Waals surface area contributed by atoms with Crippen LogP contribution in [-0.2, 0) is 16.8 Å². The number of amides is 1. The number of nitrogens with zero attached hydrogens (tertiary/aromatic N) is 1. The van der Waals surface area contributed by atoms with Crippen molar-refractivity contribution in [2.24, 2.45) is 0 Å². The van der Waals surface area contributed by atoms with Crippen molar-refractivity contribution in [1.82, 2.24) is 15.5 Å². The third-order valence-electron chi connectivity index (χ3n) is 6.70. The van der Waals surface area contributed by atoms with Gasteiger partial charge in [0.25, 0.3) is 0 Å². The van der Waals surface area contributed by atoms with Gasteiger partial charge in [-0.15, -0.1) is 0 Å². The van der Waals surface area contributed by atoms with E-state index in [2.05, 4.69) is 70.1 Å². The molecule has 2 aliphatic rings. The highest BCUT2D eigenvalue weighted by Crippen LogP contribution is 2.35. The van der Waals surface area contributed by atoms with Crippen LogP contribution in [0.15, 0.2) is 60.7 Å². The lowest BCUT2D eigenvalue weighted by molar-refractivity contribution is -0.121. The van der Waals surface area contributed by atoms with Gasteiger partial charge in [0.15, 0.2) is 0 Å². The topological polar surface area (TPSA) is 44.4 Å². The fraction of sp³-hybridized carbons (Fsp3) is 0.480. The van der Waals surface area contributed by atoms with E-state index in [0.29, 0.717) is 12.1 Å². The number of piperidine rings is 2. The molecule has 154 valence electrons. The molecule has 2 N–H and O–H groups in total. The Labute approximate surface area is 174 Å². The van der Waals surface area contributed by atoms with Crippen molar-refractivity contribution in [2.75, 3.05) is 19.6 Å². The van der Waals surface area contributed by atoms with Crippen LogP contribution >= 0.6 is 0 Å². The Hall–Kier alpha value is -2.17. The van der Waals surface area contributed by atoms with Crippen molar-refractivity contribution in [2.45, 2.75) is 56.7 Å². The zero-order valence-corrected chi connectivity index (χ0v) is 17.4. The first-order valence-electron chi connectivity index (χ1n) is 11.0. The van der Waals surface area contributed by atoms with Gasteiger partial charge in [0.05, 0.1) is 5.54 Å². The van der Waals surface area contributed by atoms with Crippen molar-refractivity contribution in [3.63, 3.8) is 0 Å². The first kappa shape index (κ1) is 20.1. The Balaban J connectivity index is 1.39. The van der Waals surface area contributed by atoms with Crippen LogP contribution < -0.4 is 10.6 Å². The van der Waals surface area contributed by atoms with Crippen LogP contribution in [0, 0.1) is 0 Å². The van der Waals surface area contributed by atoms with E-state index in [0.717, 1.165) is 38.9 Å². The Morgan fingerprint density at radius 1 is 1.07 bits per heavy atom. The molecular formula is C25H33N3O. The predicted octanol–water partition coefficient (Wildman–Crippen LogP) is 3.48. The number of hydrogen-bond donors (Lipinski definition) is 2. The Kier molecular flexibility index (Phi) is 6.31.